The van der Waals surface area contributed by atoms with E-state index < -0.39 is 16.0 Å². The summed E-state index contributed by atoms with van der Waals surface area (Å²) in [5.41, 5.74) is 1.32. The summed E-state index contributed by atoms with van der Waals surface area (Å²) in [5.74, 6) is 0.153. The number of hydrogen-bond donors (Lipinski definition) is 0. The molecule has 0 radical (unpaired) electrons. The van der Waals surface area contributed by atoms with E-state index in [0.29, 0.717) is 27.5 Å². The highest BCUT2D eigenvalue weighted by Crippen LogP contribution is 2.32. The van der Waals surface area contributed by atoms with Gasteiger partial charge < -0.3 is 9.47 Å². The number of sulfonamides is 1. The summed E-state index contributed by atoms with van der Waals surface area (Å²) in [5, 5.41) is 0. The first-order valence-electron chi connectivity index (χ1n) is 10.1. The van der Waals surface area contributed by atoms with Gasteiger partial charge in [0, 0.05) is 11.4 Å². The van der Waals surface area contributed by atoms with Gasteiger partial charge in [0.15, 0.2) is 0 Å². The van der Waals surface area contributed by atoms with E-state index in [-0.39, 0.29) is 22.8 Å². The number of benzene rings is 3. The molecular weight excluding hydrogens is 465 g/mol. The summed E-state index contributed by atoms with van der Waals surface area (Å²) in [6, 6.07) is 15.8. The number of aryl methyl sites for hydroxylation is 2. The van der Waals surface area contributed by atoms with Crippen LogP contribution in [0.4, 0.5) is 4.39 Å². The lowest BCUT2D eigenvalue weighted by molar-refractivity contribution is 0.0599. The minimum Gasteiger partial charge on any atom is -0.465 e. The molecule has 0 unspecified atom stereocenters. The van der Waals surface area contributed by atoms with E-state index in [4.69, 9.17) is 9.47 Å². The predicted octanol–water partition coefficient (Wildman–Crippen LogP) is 5.74. The van der Waals surface area contributed by atoms with Crippen LogP contribution in [0.25, 0.3) is 0 Å². The standard InChI is InChI=1S/C24H24FNO5S2/c1-5-26(33(28,29)21-12-6-16(2)22(15-21)24(27)30-4)32-20-10-7-18(8-11-20)31-19-9-13-23(25)17(3)14-19/h6-15H,5H2,1-4H3. The molecule has 0 aliphatic rings. The Labute approximate surface area is 197 Å². The summed E-state index contributed by atoms with van der Waals surface area (Å²) >= 11 is 1.06. The van der Waals surface area contributed by atoms with Crippen LogP contribution < -0.4 is 4.74 Å². The molecule has 0 aliphatic carbocycles. The quantitative estimate of drug-likeness (QED) is 0.297. The zero-order chi connectivity index (χ0) is 24.2. The molecule has 0 saturated carbocycles. The Morgan fingerprint density at radius 3 is 2.24 bits per heavy atom. The van der Waals surface area contributed by atoms with Gasteiger partial charge in [0.1, 0.15) is 17.3 Å². The molecule has 0 heterocycles. The minimum atomic E-state index is -3.88. The van der Waals surface area contributed by atoms with E-state index in [1.165, 1.54) is 29.0 Å². The maximum Gasteiger partial charge on any atom is 0.338 e. The molecule has 0 saturated heterocycles. The molecule has 174 valence electrons. The molecule has 3 rings (SSSR count). The van der Waals surface area contributed by atoms with E-state index in [9.17, 15) is 17.6 Å². The third-order valence-electron chi connectivity index (χ3n) is 4.83. The number of methoxy groups -OCH3 is 1. The maximum atomic E-state index is 13.4. The Morgan fingerprint density at radius 2 is 1.64 bits per heavy atom. The molecule has 0 N–H and O–H groups in total. The second kappa shape index (κ2) is 10.4. The van der Waals surface area contributed by atoms with Gasteiger partial charge in [-0.05, 0) is 91.5 Å². The van der Waals surface area contributed by atoms with Gasteiger partial charge in [-0.15, -0.1) is 3.71 Å². The van der Waals surface area contributed by atoms with Crippen molar-refractivity contribution in [1.29, 1.82) is 0 Å². The number of carbonyl (C=O) groups is 1. The first-order chi connectivity index (χ1) is 15.6. The van der Waals surface area contributed by atoms with Gasteiger partial charge in [-0.2, -0.15) is 0 Å². The first kappa shape index (κ1) is 24.8. The second-order valence-corrected chi connectivity index (χ2v) is 10.4. The molecule has 0 atom stereocenters. The molecule has 3 aromatic carbocycles. The van der Waals surface area contributed by atoms with Crippen molar-refractivity contribution in [2.45, 2.75) is 30.6 Å². The lowest BCUT2D eigenvalue weighted by Gasteiger charge is -2.20. The topological polar surface area (TPSA) is 72.9 Å². The fourth-order valence-corrected chi connectivity index (χ4v) is 5.61. The molecule has 0 aromatic heterocycles. The number of nitrogens with zero attached hydrogens (tertiary/aromatic N) is 1. The molecule has 9 heteroatoms. The second-order valence-electron chi connectivity index (χ2n) is 7.17. The summed E-state index contributed by atoms with van der Waals surface area (Å²) in [6.45, 7) is 5.31. The molecule has 0 bridgehead atoms. The first-order valence-corrected chi connectivity index (χ1v) is 12.3. The third-order valence-corrected chi connectivity index (χ3v) is 8.24. The lowest BCUT2D eigenvalue weighted by atomic mass is 10.1. The lowest BCUT2D eigenvalue weighted by Crippen LogP contribution is -2.24. The summed E-state index contributed by atoms with van der Waals surface area (Å²) in [7, 11) is -2.62. The number of halogens is 1. The van der Waals surface area contributed by atoms with Crippen molar-refractivity contribution in [3.05, 3.63) is 83.2 Å². The highest BCUT2D eigenvalue weighted by molar-refractivity contribution is 8.08. The largest absolute Gasteiger partial charge is 0.465 e. The van der Waals surface area contributed by atoms with Crippen molar-refractivity contribution in [2.75, 3.05) is 13.7 Å². The van der Waals surface area contributed by atoms with Gasteiger partial charge >= 0.3 is 5.97 Å². The van der Waals surface area contributed by atoms with E-state index in [0.717, 1.165) is 11.9 Å². The van der Waals surface area contributed by atoms with Crippen LogP contribution >= 0.6 is 11.9 Å². The number of hydrogen-bond acceptors (Lipinski definition) is 6. The Morgan fingerprint density at radius 1 is 0.970 bits per heavy atom. The molecule has 3 aromatic rings. The van der Waals surface area contributed by atoms with E-state index >= 15 is 0 Å². The molecule has 0 amide bonds. The van der Waals surface area contributed by atoms with Gasteiger partial charge in [0.05, 0.1) is 17.6 Å². The van der Waals surface area contributed by atoms with Crippen LogP contribution in [0.1, 0.15) is 28.4 Å². The van der Waals surface area contributed by atoms with Crippen molar-refractivity contribution in [3.63, 3.8) is 0 Å². The Balaban J connectivity index is 1.78. The number of ether oxygens (including phenoxy) is 2. The van der Waals surface area contributed by atoms with Gasteiger partial charge in [0.25, 0.3) is 10.0 Å². The normalized spacial score (nSPS) is 11.5. The molecular formula is C24H24FNO5S2. The highest BCUT2D eigenvalue weighted by Gasteiger charge is 2.26. The molecule has 6 nitrogen and oxygen atoms in total. The van der Waals surface area contributed by atoms with Crippen LogP contribution in [0, 0.1) is 19.7 Å². The zero-order valence-electron chi connectivity index (χ0n) is 18.7. The van der Waals surface area contributed by atoms with Crippen LogP contribution in [0.15, 0.2) is 70.5 Å². The summed E-state index contributed by atoms with van der Waals surface area (Å²) in [6.07, 6.45) is 0. The molecule has 0 aliphatic heterocycles. The SMILES string of the molecule is CCN(Sc1ccc(Oc2ccc(F)c(C)c2)cc1)S(=O)(=O)c1ccc(C)c(C(=O)OC)c1. The highest BCUT2D eigenvalue weighted by atomic mass is 32.3. The summed E-state index contributed by atoms with van der Waals surface area (Å²) in [4.78, 5) is 12.7. The van der Waals surface area contributed by atoms with Gasteiger partial charge in [-0.25, -0.2) is 17.6 Å². The Kier molecular flexibility index (Phi) is 7.78. The van der Waals surface area contributed by atoms with Crippen molar-refractivity contribution in [3.8, 4) is 11.5 Å². The Bertz CT molecular complexity index is 1260. The average molecular weight is 490 g/mol. The van der Waals surface area contributed by atoms with Crippen LogP contribution in [0.3, 0.4) is 0 Å². The van der Waals surface area contributed by atoms with Crippen molar-refractivity contribution >= 4 is 27.9 Å². The van der Waals surface area contributed by atoms with E-state index in [1.54, 1.807) is 63.2 Å². The number of esters is 1. The number of carbonyl (C=O) groups excluding carboxylic acids is 1. The summed E-state index contributed by atoms with van der Waals surface area (Å²) < 4.78 is 51.6. The predicted molar refractivity (Wildman–Crippen MR) is 126 cm³/mol. The zero-order valence-corrected chi connectivity index (χ0v) is 20.3. The third kappa shape index (κ3) is 5.73. The van der Waals surface area contributed by atoms with Crippen molar-refractivity contribution in [2.24, 2.45) is 0 Å². The van der Waals surface area contributed by atoms with Gasteiger partial charge in [-0.3, -0.25) is 0 Å². The van der Waals surface area contributed by atoms with Crippen LogP contribution in [0.2, 0.25) is 0 Å². The van der Waals surface area contributed by atoms with Crippen molar-refractivity contribution in [1.82, 2.24) is 3.71 Å². The van der Waals surface area contributed by atoms with Gasteiger partial charge in [-0.1, -0.05) is 13.0 Å². The smallest absolute Gasteiger partial charge is 0.338 e. The average Bonchev–Trinajstić information content (AvgIpc) is 2.80. The van der Waals surface area contributed by atoms with E-state index in [2.05, 4.69) is 0 Å². The monoisotopic (exact) mass is 489 g/mol. The molecule has 0 spiro atoms. The fourth-order valence-electron chi connectivity index (χ4n) is 3.00. The minimum absolute atomic E-state index is 0.00878. The Hall–Kier alpha value is -2.88. The van der Waals surface area contributed by atoms with Crippen molar-refractivity contribution < 1.29 is 27.1 Å². The van der Waals surface area contributed by atoms with E-state index in [1.807, 2.05) is 0 Å². The number of rotatable bonds is 8. The van der Waals surface area contributed by atoms with Crippen LogP contribution in [0.5, 0.6) is 11.5 Å². The van der Waals surface area contributed by atoms with Crippen LogP contribution in [-0.2, 0) is 14.8 Å². The van der Waals surface area contributed by atoms with Gasteiger partial charge in [0.2, 0.25) is 0 Å². The fraction of sp³-hybridized carbons (Fsp3) is 0.208. The molecule has 0 fully saturated rings. The molecule has 33 heavy (non-hydrogen) atoms. The van der Waals surface area contributed by atoms with Crippen LogP contribution in [-0.4, -0.2) is 31.8 Å². The maximum absolute atomic E-state index is 13.4.